The second-order valence-electron chi connectivity index (χ2n) is 15.6. The van der Waals surface area contributed by atoms with E-state index in [0.29, 0.717) is 24.0 Å². The molecular formula is C42H55Cl2N3O9. The highest BCUT2D eigenvalue weighted by Crippen LogP contribution is 2.42. The lowest BCUT2D eigenvalue weighted by Crippen LogP contribution is -2.61. The molecule has 2 unspecified atom stereocenters. The molecule has 3 amide bonds. The number of carbonyl (C=O) groups is 4. The highest BCUT2D eigenvalue weighted by Gasteiger charge is 2.61. The molecule has 56 heavy (non-hydrogen) atoms. The first-order valence-corrected chi connectivity index (χ1v) is 19.6. The maximum absolute atomic E-state index is 14.4. The first-order chi connectivity index (χ1) is 26.2. The molecule has 4 N–H and O–H groups in total. The first kappa shape index (κ1) is 44.8. The third-order valence-corrected chi connectivity index (χ3v) is 11.4. The van der Waals surface area contributed by atoms with Gasteiger partial charge in [-0.25, -0.2) is 4.79 Å². The molecule has 2 heterocycles. The van der Waals surface area contributed by atoms with Gasteiger partial charge in [0, 0.05) is 32.9 Å². The number of carbonyl (C=O) groups excluding carboxylic acids is 4. The number of aromatic hydroxyl groups is 1. The zero-order valence-corrected chi connectivity index (χ0v) is 35.0. The molecule has 0 aliphatic carbocycles. The number of nitrogens with one attached hydrogen (secondary N) is 2. The van der Waals surface area contributed by atoms with Crippen molar-refractivity contribution in [3.05, 3.63) is 87.4 Å². The lowest BCUT2D eigenvalue weighted by Gasteiger charge is -2.35. The van der Waals surface area contributed by atoms with E-state index in [4.69, 9.17) is 37.4 Å². The second-order valence-corrected chi connectivity index (χ2v) is 16.4. The van der Waals surface area contributed by atoms with Crippen molar-refractivity contribution in [2.75, 3.05) is 14.2 Å². The van der Waals surface area contributed by atoms with Gasteiger partial charge < -0.3 is 40.0 Å². The summed E-state index contributed by atoms with van der Waals surface area (Å²) in [5.41, 5.74) is -1.12. The van der Waals surface area contributed by atoms with Crippen LogP contribution in [0.2, 0.25) is 10.0 Å². The van der Waals surface area contributed by atoms with Gasteiger partial charge >= 0.3 is 5.97 Å². The number of amides is 3. The summed E-state index contributed by atoms with van der Waals surface area (Å²) in [5.74, 6) is -3.89. The van der Waals surface area contributed by atoms with Gasteiger partial charge in [0.2, 0.25) is 11.8 Å². The number of cyclic esters (lactones) is 1. The van der Waals surface area contributed by atoms with Crippen LogP contribution < -0.4 is 10.6 Å². The summed E-state index contributed by atoms with van der Waals surface area (Å²) in [6.07, 6.45) is 4.60. The number of epoxide rings is 1. The molecule has 0 bridgehead atoms. The fourth-order valence-corrected chi connectivity index (χ4v) is 7.54. The molecule has 9 atom stereocenters. The van der Waals surface area contributed by atoms with Gasteiger partial charge in [0.15, 0.2) is 17.4 Å². The third kappa shape index (κ3) is 10.5. The number of benzene rings is 2. The summed E-state index contributed by atoms with van der Waals surface area (Å²) in [6.45, 7) is 11.9. The van der Waals surface area contributed by atoms with E-state index in [0.717, 1.165) is 5.57 Å². The Kier molecular flexibility index (Phi) is 14.8. The summed E-state index contributed by atoms with van der Waals surface area (Å²) < 4.78 is 18.0. The van der Waals surface area contributed by atoms with Crippen LogP contribution in [-0.4, -0.2) is 94.5 Å². The van der Waals surface area contributed by atoms with Crippen LogP contribution in [0.15, 0.2) is 66.3 Å². The Hall–Kier alpha value is -3.94. The van der Waals surface area contributed by atoms with Gasteiger partial charge in [-0.05, 0) is 62.4 Å². The maximum Gasteiger partial charge on any atom is 0.332 e. The van der Waals surface area contributed by atoms with Crippen molar-refractivity contribution in [3.63, 3.8) is 0 Å². The lowest BCUT2D eigenvalue weighted by atomic mass is 9.93. The van der Waals surface area contributed by atoms with E-state index in [1.807, 2.05) is 76.3 Å². The minimum atomic E-state index is -1.83. The number of rotatable bonds is 7. The quantitative estimate of drug-likeness (QED) is 0.198. The van der Waals surface area contributed by atoms with Crippen molar-refractivity contribution < 1.29 is 43.6 Å². The molecule has 2 aliphatic heterocycles. The second kappa shape index (κ2) is 18.5. The van der Waals surface area contributed by atoms with Crippen LogP contribution in [0.1, 0.15) is 78.5 Å². The summed E-state index contributed by atoms with van der Waals surface area (Å²) in [7, 11) is 3.11. The van der Waals surface area contributed by atoms with Crippen LogP contribution in [0.3, 0.4) is 0 Å². The van der Waals surface area contributed by atoms with Gasteiger partial charge in [0.05, 0.1) is 27.9 Å². The van der Waals surface area contributed by atoms with Crippen LogP contribution in [0.4, 0.5) is 0 Å². The fourth-order valence-electron chi connectivity index (χ4n) is 7.01. The molecule has 0 saturated carbocycles. The minimum Gasteiger partial charge on any atom is -0.505 e. The van der Waals surface area contributed by atoms with Crippen LogP contribution in [-0.2, 0) is 39.8 Å². The van der Waals surface area contributed by atoms with Crippen molar-refractivity contribution in [2.24, 2.45) is 11.8 Å². The van der Waals surface area contributed by atoms with Crippen LogP contribution in [0.25, 0.3) is 0 Å². The SMILES string of the molecule is CC[C@H](C)[C@H]1C(=O)NC(Cc2cc(Cl)c(O)c(Cl)c2)C(=O)N[C@@H](C(C)(C)O)C(=O)OC(c2ccccc2)[C@H](C)/C=C/C=C(\C)[C@H](OC)C[C@@H]2O[C@@]2(C)C(=O)N1C. The number of hydrogen-bond acceptors (Lipinski definition) is 9. The standard InChI is InChI=1S/C42H55Cl2N3O9/c1-10-23(2)33-38(50)45-30(21-26-19-28(43)34(48)29(44)20-26)37(49)46-36(41(5,6)53)39(51)55-35(27-17-12-11-13-18-27)25(4)16-14-15-24(3)31(54-9)22-32-42(7,56-32)40(52)47(33)8/h11-20,23,25,30-33,35-36,48,53H,10,21-22H2,1-9H3,(H,45,50)(H,46,49)/b16-14+,24-15+/t23-,25+,30?,31+,32-,33-,35?,36+,42+/m0/s1. The zero-order chi connectivity index (χ0) is 41.7. The van der Waals surface area contributed by atoms with E-state index in [2.05, 4.69) is 10.6 Å². The van der Waals surface area contributed by atoms with Crippen LogP contribution in [0, 0.1) is 11.8 Å². The van der Waals surface area contributed by atoms with Crippen molar-refractivity contribution in [2.45, 2.75) is 115 Å². The number of esters is 1. The average Bonchev–Trinajstić information content (AvgIpc) is 3.81. The third-order valence-electron chi connectivity index (χ3n) is 10.8. The molecule has 306 valence electrons. The Morgan fingerprint density at radius 3 is 2.27 bits per heavy atom. The molecule has 1 saturated heterocycles. The first-order valence-electron chi connectivity index (χ1n) is 18.8. The Morgan fingerprint density at radius 1 is 1.07 bits per heavy atom. The van der Waals surface area contributed by atoms with Crippen LogP contribution >= 0.6 is 23.2 Å². The number of hydrogen-bond donors (Lipinski definition) is 4. The molecule has 0 aromatic heterocycles. The average molecular weight is 817 g/mol. The molecule has 0 spiro atoms. The van der Waals surface area contributed by atoms with E-state index in [1.165, 1.54) is 37.9 Å². The molecular weight excluding hydrogens is 761 g/mol. The van der Waals surface area contributed by atoms with Crippen molar-refractivity contribution in [1.29, 1.82) is 0 Å². The number of methoxy groups -OCH3 is 1. The molecule has 2 aliphatic rings. The van der Waals surface area contributed by atoms with Gasteiger partial charge in [-0.3, -0.25) is 14.4 Å². The normalized spacial score (nSPS) is 30.8. The number of halogens is 2. The molecule has 12 nitrogen and oxygen atoms in total. The van der Waals surface area contributed by atoms with Crippen LogP contribution in [0.5, 0.6) is 5.75 Å². The zero-order valence-electron chi connectivity index (χ0n) is 33.5. The summed E-state index contributed by atoms with van der Waals surface area (Å²) in [5, 5.41) is 26.8. The minimum absolute atomic E-state index is 0.0776. The molecule has 2 aromatic rings. The Balaban J connectivity index is 1.83. The molecule has 2 aromatic carbocycles. The predicted octanol–water partition coefficient (Wildman–Crippen LogP) is 5.85. The highest BCUT2D eigenvalue weighted by atomic mass is 35.5. The van der Waals surface area contributed by atoms with Gasteiger partial charge in [-0.15, -0.1) is 0 Å². The fraction of sp³-hybridized carbons (Fsp3) is 0.524. The highest BCUT2D eigenvalue weighted by molar-refractivity contribution is 6.37. The molecule has 1 fully saturated rings. The number of nitrogens with zero attached hydrogens (tertiary/aromatic N) is 1. The van der Waals surface area contributed by atoms with Crippen molar-refractivity contribution in [3.8, 4) is 5.75 Å². The Morgan fingerprint density at radius 2 is 1.70 bits per heavy atom. The number of phenolic OH excluding ortho intramolecular Hbond substituents is 1. The van der Waals surface area contributed by atoms with E-state index in [1.54, 1.807) is 14.0 Å². The largest absolute Gasteiger partial charge is 0.505 e. The monoisotopic (exact) mass is 815 g/mol. The van der Waals surface area contributed by atoms with Gasteiger partial charge in [-0.1, -0.05) is 99.0 Å². The van der Waals surface area contributed by atoms with E-state index in [9.17, 15) is 29.4 Å². The number of likely N-dealkylation sites (N-methyl/N-ethyl adjacent to an activating group) is 1. The number of allylic oxidation sites excluding steroid dienone is 2. The maximum atomic E-state index is 14.4. The van der Waals surface area contributed by atoms with Crippen molar-refractivity contribution in [1.82, 2.24) is 15.5 Å². The topological polar surface area (TPSA) is 167 Å². The van der Waals surface area contributed by atoms with E-state index >= 15 is 0 Å². The van der Waals surface area contributed by atoms with Gasteiger partial charge in [-0.2, -0.15) is 0 Å². The number of aliphatic hydroxyl groups is 1. The summed E-state index contributed by atoms with van der Waals surface area (Å²) in [4.78, 5) is 58.3. The molecule has 4 rings (SSSR count). The molecule has 0 radical (unpaired) electrons. The Bertz CT molecular complexity index is 1790. The van der Waals surface area contributed by atoms with Gasteiger partial charge in [0.25, 0.3) is 5.91 Å². The molecule has 14 heteroatoms. The Labute approximate surface area is 339 Å². The predicted molar refractivity (Wildman–Crippen MR) is 214 cm³/mol. The van der Waals surface area contributed by atoms with E-state index in [-0.39, 0.29) is 34.1 Å². The number of fused-ring (bicyclic) bond motifs is 1. The van der Waals surface area contributed by atoms with Gasteiger partial charge in [0.1, 0.15) is 18.2 Å². The summed E-state index contributed by atoms with van der Waals surface area (Å²) in [6, 6.07) is 7.90. The number of phenols is 1. The van der Waals surface area contributed by atoms with Crippen molar-refractivity contribution >= 4 is 46.9 Å². The smallest absolute Gasteiger partial charge is 0.332 e. The lowest BCUT2D eigenvalue weighted by molar-refractivity contribution is -0.162. The van der Waals surface area contributed by atoms with E-state index < -0.39 is 71.3 Å². The number of ether oxygens (including phenoxy) is 3. The summed E-state index contributed by atoms with van der Waals surface area (Å²) >= 11 is 12.5.